The molecule has 0 amide bonds. The summed E-state index contributed by atoms with van der Waals surface area (Å²) < 4.78 is 13.6. The fraction of sp³-hybridized carbons (Fsp3) is 0.421. The Morgan fingerprint density at radius 2 is 2.21 bits per heavy atom. The lowest BCUT2D eigenvalue weighted by Crippen LogP contribution is -2.45. The zero-order valence-corrected chi connectivity index (χ0v) is 14.4. The van der Waals surface area contributed by atoms with Crippen molar-refractivity contribution in [3.8, 4) is 0 Å². The van der Waals surface area contributed by atoms with E-state index >= 15 is 0 Å². The number of anilines is 1. The van der Waals surface area contributed by atoms with Crippen LogP contribution in [0.3, 0.4) is 0 Å². The maximum Gasteiger partial charge on any atom is 0.128 e. The maximum absolute atomic E-state index is 13.6. The van der Waals surface area contributed by atoms with Gasteiger partial charge >= 0.3 is 0 Å². The van der Waals surface area contributed by atoms with E-state index in [4.69, 9.17) is 0 Å². The Balaban J connectivity index is 1.74. The number of hydrogen-bond donors (Lipinski definition) is 1. The van der Waals surface area contributed by atoms with Gasteiger partial charge in [0.1, 0.15) is 11.6 Å². The number of piperazine rings is 1. The molecule has 0 aliphatic carbocycles. The molecule has 0 spiro atoms. The average Bonchev–Trinajstić information content (AvgIpc) is 2.62. The van der Waals surface area contributed by atoms with Crippen LogP contribution >= 0.6 is 0 Å². The van der Waals surface area contributed by atoms with Crippen molar-refractivity contribution in [1.82, 2.24) is 15.2 Å². The van der Waals surface area contributed by atoms with Crippen molar-refractivity contribution >= 4 is 5.82 Å². The van der Waals surface area contributed by atoms with Gasteiger partial charge in [0.15, 0.2) is 0 Å². The van der Waals surface area contributed by atoms with Crippen molar-refractivity contribution in [3.63, 3.8) is 0 Å². The molecule has 24 heavy (non-hydrogen) atoms. The summed E-state index contributed by atoms with van der Waals surface area (Å²) in [5, 5.41) is 3.41. The van der Waals surface area contributed by atoms with Crippen LogP contribution in [0.4, 0.5) is 10.2 Å². The quantitative estimate of drug-likeness (QED) is 0.914. The van der Waals surface area contributed by atoms with Gasteiger partial charge < -0.3 is 10.2 Å². The summed E-state index contributed by atoms with van der Waals surface area (Å²) in [5.74, 6) is 0.815. The van der Waals surface area contributed by atoms with E-state index < -0.39 is 0 Å². The van der Waals surface area contributed by atoms with Crippen LogP contribution in [0.2, 0.25) is 0 Å². The van der Waals surface area contributed by atoms with Crippen LogP contribution in [0.25, 0.3) is 0 Å². The van der Waals surface area contributed by atoms with Crippen LogP contribution in [0, 0.1) is 5.82 Å². The molecular formula is C19H25FN4. The number of nitrogens with one attached hydrogen (secondary N) is 1. The number of benzene rings is 1. The first-order chi connectivity index (χ1) is 11.7. The molecule has 1 aromatic heterocycles. The van der Waals surface area contributed by atoms with Crippen LogP contribution < -0.4 is 10.2 Å². The van der Waals surface area contributed by atoms with Crippen molar-refractivity contribution in [2.45, 2.75) is 19.5 Å². The first kappa shape index (κ1) is 16.9. The SMILES string of the molecule is CCN(C)c1ccc(CN2CCNCC2c2cccc(F)c2)cn1. The molecule has 2 heterocycles. The van der Waals surface area contributed by atoms with Gasteiger partial charge in [-0.3, -0.25) is 4.90 Å². The van der Waals surface area contributed by atoms with E-state index in [0.29, 0.717) is 0 Å². The first-order valence-corrected chi connectivity index (χ1v) is 8.53. The number of rotatable bonds is 5. The third kappa shape index (κ3) is 3.91. The van der Waals surface area contributed by atoms with Gasteiger partial charge in [0, 0.05) is 52.0 Å². The summed E-state index contributed by atoms with van der Waals surface area (Å²) in [4.78, 5) is 9.06. The summed E-state index contributed by atoms with van der Waals surface area (Å²) in [5.41, 5.74) is 2.21. The molecule has 1 unspecified atom stereocenters. The normalized spacial score (nSPS) is 18.5. The summed E-state index contributed by atoms with van der Waals surface area (Å²) in [7, 11) is 2.04. The standard InChI is InChI=1S/C19H25FN4/c1-3-23(2)19-8-7-15(12-22-19)14-24-10-9-21-13-18(24)16-5-4-6-17(20)11-16/h4-8,11-12,18,21H,3,9-10,13-14H2,1-2H3. The Labute approximate surface area is 143 Å². The van der Waals surface area contributed by atoms with Crippen molar-refractivity contribution in [2.75, 3.05) is 38.1 Å². The minimum Gasteiger partial charge on any atom is -0.360 e. The van der Waals surface area contributed by atoms with E-state index in [1.54, 1.807) is 12.1 Å². The molecule has 5 heteroatoms. The molecule has 3 rings (SSSR count). The summed E-state index contributed by atoms with van der Waals surface area (Å²) in [6, 6.07) is 11.3. The number of halogens is 1. The largest absolute Gasteiger partial charge is 0.360 e. The Hall–Kier alpha value is -1.98. The van der Waals surface area contributed by atoms with Gasteiger partial charge in [0.2, 0.25) is 0 Å². The number of pyridine rings is 1. The number of hydrogen-bond acceptors (Lipinski definition) is 4. The molecule has 1 atom stereocenters. The topological polar surface area (TPSA) is 31.4 Å². The molecule has 1 fully saturated rings. The maximum atomic E-state index is 13.6. The molecule has 1 N–H and O–H groups in total. The van der Waals surface area contributed by atoms with Gasteiger partial charge in [-0.25, -0.2) is 9.37 Å². The predicted molar refractivity (Wildman–Crippen MR) is 95.6 cm³/mol. The lowest BCUT2D eigenvalue weighted by atomic mass is 10.0. The van der Waals surface area contributed by atoms with E-state index in [-0.39, 0.29) is 11.9 Å². The molecular weight excluding hydrogens is 303 g/mol. The van der Waals surface area contributed by atoms with Crippen LogP contribution in [-0.4, -0.2) is 43.1 Å². The lowest BCUT2D eigenvalue weighted by Gasteiger charge is -2.36. The van der Waals surface area contributed by atoms with Gasteiger partial charge in [0.25, 0.3) is 0 Å². The molecule has 0 bridgehead atoms. The fourth-order valence-electron chi connectivity index (χ4n) is 3.11. The molecule has 1 saturated heterocycles. The third-order valence-corrected chi connectivity index (χ3v) is 4.65. The molecule has 4 nitrogen and oxygen atoms in total. The van der Waals surface area contributed by atoms with Crippen molar-refractivity contribution in [3.05, 3.63) is 59.5 Å². The zero-order valence-electron chi connectivity index (χ0n) is 14.4. The zero-order chi connectivity index (χ0) is 16.9. The molecule has 2 aromatic rings. The molecule has 1 aliphatic rings. The van der Waals surface area contributed by atoms with Gasteiger partial charge in [-0.05, 0) is 36.2 Å². The molecule has 0 radical (unpaired) electrons. The average molecular weight is 328 g/mol. The van der Waals surface area contributed by atoms with Crippen LogP contribution in [0.5, 0.6) is 0 Å². The van der Waals surface area contributed by atoms with E-state index in [1.165, 1.54) is 11.6 Å². The highest BCUT2D eigenvalue weighted by atomic mass is 19.1. The van der Waals surface area contributed by atoms with Gasteiger partial charge in [0.05, 0.1) is 0 Å². The monoisotopic (exact) mass is 328 g/mol. The number of nitrogens with zero attached hydrogens (tertiary/aromatic N) is 3. The van der Waals surface area contributed by atoms with E-state index in [9.17, 15) is 4.39 Å². The molecule has 0 saturated carbocycles. The Morgan fingerprint density at radius 3 is 2.92 bits per heavy atom. The predicted octanol–water partition coefficient (Wildman–Crippen LogP) is 2.82. The number of aromatic nitrogens is 1. The van der Waals surface area contributed by atoms with E-state index in [1.807, 2.05) is 19.3 Å². The fourth-order valence-corrected chi connectivity index (χ4v) is 3.11. The second kappa shape index (κ2) is 7.73. The Morgan fingerprint density at radius 1 is 1.33 bits per heavy atom. The van der Waals surface area contributed by atoms with Crippen LogP contribution in [-0.2, 0) is 6.54 Å². The summed E-state index contributed by atoms with van der Waals surface area (Å²) in [6.45, 7) is 6.61. The van der Waals surface area contributed by atoms with Crippen molar-refractivity contribution in [1.29, 1.82) is 0 Å². The van der Waals surface area contributed by atoms with Gasteiger partial charge in [-0.1, -0.05) is 18.2 Å². The second-order valence-corrected chi connectivity index (χ2v) is 6.28. The van der Waals surface area contributed by atoms with Crippen LogP contribution in [0.1, 0.15) is 24.1 Å². The Bertz CT molecular complexity index is 659. The lowest BCUT2D eigenvalue weighted by molar-refractivity contribution is 0.153. The highest BCUT2D eigenvalue weighted by Gasteiger charge is 2.24. The molecule has 1 aromatic carbocycles. The minimum atomic E-state index is -0.174. The minimum absolute atomic E-state index is 0.174. The van der Waals surface area contributed by atoms with Crippen molar-refractivity contribution in [2.24, 2.45) is 0 Å². The van der Waals surface area contributed by atoms with E-state index in [2.05, 4.69) is 39.2 Å². The van der Waals surface area contributed by atoms with Gasteiger partial charge in [-0.2, -0.15) is 0 Å². The molecule has 128 valence electrons. The van der Waals surface area contributed by atoms with E-state index in [0.717, 1.165) is 44.1 Å². The van der Waals surface area contributed by atoms with Crippen molar-refractivity contribution < 1.29 is 4.39 Å². The first-order valence-electron chi connectivity index (χ1n) is 8.53. The Kier molecular flexibility index (Phi) is 5.43. The summed E-state index contributed by atoms with van der Waals surface area (Å²) >= 11 is 0. The second-order valence-electron chi connectivity index (χ2n) is 6.28. The highest BCUT2D eigenvalue weighted by molar-refractivity contribution is 5.38. The molecule has 1 aliphatic heterocycles. The van der Waals surface area contributed by atoms with Crippen LogP contribution in [0.15, 0.2) is 42.6 Å². The smallest absolute Gasteiger partial charge is 0.128 e. The van der Waals surface area contributed by atoms with Gasteiger partial charge in [-0.15, -0.1) is 0 Å². The highest BCUT2D eigenvalue weighted by Crippen LogP contribution is 2.25. The summed E-state index contributed by atoms with van der Waals surface area (Å²) in [6.07, 6.45) is 1.95. The third-order valence-electron chi connectivity index (χ3n) is 4.65.